The second-order valence-electron chi connectivity index (χ2n) is 6.57. The second kappa shape index (κ2) is 11.2. The Labute approximate surface area is 180 Å². The molecule has 0 aliphatic carbocycles. The lowest BCUT2D eigenvalue weighted by atomic mass is 10.2. The number of rotatable bonds is 9. The SMILES string of the molecule is CCNC(=NCc1ccc(NC(=O)c2ccco2)cc1)NCCc1ncc(CC)s1. The Kier molecular flexibility index (Phi) is 8.02. The summed E-state index contributed by atoms with van der Waals surface area (Å²) < 4.78 is 5.10. The van der Waals surface area contributed by atoms with Crippen LogP contribution in [0.25, 0.3) is 0 Å². The van der Waals surface area contributed by atoms with Gasteiger partial charge in [0.2, 0.25) is 0 Å². The molecular weight excluding hydrogens is 398 g/mol. The van der Waals surface area contributed by atoms with Crippen LogP contribution in [0.4, 0.5) is 5.69 Å². The molecule has 0 spiro atoms. The van der Waals surface area contributed by atoms with Gasteiger partial charge in [0.05, 0.1) is 17.8 Å². The van der Waals surface area contributed by atoms with Gasteiger partial charge < -0.3 is 20.4 Å². The van der Waals surface area contributed by atoms with Crippen LogP contribution in [0, 0.1) is 0 Å². The van der Waals surface area contributed by atoms with Gasteiger partial charge in [-0.1, -0.05) is 19.1 Å². The zero-order valence-corrected chi connectivity index (χ0v) is 18.1. The van der Waals surface area contributed by atoms with E-state index in [-0.39, 0.29) is 11.7 Å². The van der Waals surface area contributed by atoms with Crippen LogP contribution >= 0.6 is 11.3 Å². The Morgan fingerprint density at radius 2 is 2.00 bits per heavy atom. The minimum Gasteiger partial charge on any atom is -0.459 e. The van der Waals surface area contributed by atoms with Crippen LogP contribution in [-0.4, -0.2) is 29.9 Å². The molecule has 0 aliphatic heterocycles. The molecule has 2 aromatic heterocycles. The number of benzene rings is 1. The van der Waals surface area contributed by atoms with E-state index in [0.717, 1.165) is 42.5 Å². The number of nitrogens with one attached hydrogen (secondary N) is 3. The Hall–Kier alpha value is -3.13. The molecule has 0 atom stereocenters. The van der Waals surface area contributed by atoms with E-state index in [0.29, 0.717) is 12.2 Å². The van der Waals surface area contributed by atoms with Gasteiger partial charge in [-0.05, 0) is 43.2 Å². The normalized spacial score (nSPS) is 11.3. The Morgan fingerprint density at radius 1 is 1.17 bits per heavy atom. The third-order valence-electron chi connectivity index (χ3n) is 4.30. The predicted molar refractivity (Wildman–Crippen MR) is 121 cm³/mol. The van der Waals surface area contributed by atoms with Gasteiger partial charge in [-0.3, -0.25) is 4.79 Å². The number of anilines is 1. The van der Waals surface area contributed by atoms with Gasteiger partial charge in [-0.25, -0.2) is 9.98 Å². The number of aryl methyl sites for hydroxylation is 1. The van der Waals surface area contributed by atoms with Crippen LogP contribution in [-0.2, 0) is 19.4 Å². The number of aliphatic imine (C=N–C) groups is 1. The number of hydrogen-bond acceptors (Lipinski definition) is 5. The average Bonchev–Trinajstić information content (AvgIpc) is 3.45. The molecule has 0 saturated carbocycles. The van der Waals surface area contributed by atoms with Crippen LogP contribution < -0.4 is 16.0 Å². The topological polar surface area (TPSA) is 91.5 Å². The van der Waals surface area contributed by atoms with Gasteiger partial charge in [0, 0.05) is 36.3 Å². The lowest BCUT2D eigenvalue weighted by molar-refractivity contribution is 0.0996. The Morgan fingerprint density at radius 3 is 2.67 bits per heavy atom. The molecule has 1 amide bonds. The second-order valence-corrected chi connectivity index (χ2v) is 7.77. The molecule has 7 nitrogen and oxygen atoms in total. The van der Waals surface area contributed by atoms with Gasteiger partial charge in [-0.2, -0.15) is 0 Å². The van der Waals surface area contributed by atoms with Crippen molar-refractivity contribution in [1.29, 1.82) is 0 Å². The van der Waals surface area contributed by atoms with Crippen molar-refractivity contribution in [2.45, 2.75) is 33.2 Å². The largest absolute Gasteiger partial charge is 0.459 e. The fourth-order valence-electron chi connectivity index (χ4n) is 2.72. The molecule has 0 aliphatic rings. The van der Waals surface area contributed by atoms with E-state index >= 15 is 0 Å². The van der Waals surface area contributed by atoms with E-state index in [4.69, 9.17) is 4.42 Å². The highest BCUT2D eigenvalue weighted by Gasteiger charge is 2.08. The minimum atomic E-state index is -0.268. The maximum absolute atomic E-state index is 12.0. The average molecular weight is 426 g/mol. The number of nitrogens with zero attached hydrogens (tertiary/aromatic N) is 2. The summed E-state index contributed by atoms with van der Waals surface area (Å²) in [5.41, 5.74) is 1.76. The monoisotopic (exact) mass is 425 g/mol. The summed E-state index contributed by atoms with van der Waals surface area (Å²) in [6.45, 7) is 6.30. The molecule has 0 radical (unpaired) electrons. The minimum absolute atomic E-state index is 0.268. The van der Waals surface area contributed by atoms with Crippen molar-refractivity contribution in [2.24, 2.45) is 4.99 Å². The Bertz CT molecular complexity index is 948. The van der Waals surface area contributed by atoms with Gasteiger partial charge in [0.25, 0.3) is 5.91 Å². The number of hydrogen-bond donors (Lipinski definition) is 3. The number of guanidine groups is 1. The smallest absolute Gasteiger partial charge is 0.291 e. The van der Waals surface area contributed by atoms with Crippen molar-refractivity contribution in [3.05, 3.63) is 70.1 Å². The molecule has 3 N–H and O–H groups in total. The van der Waals surface area contributed by atoms with Crippen LogP contribution in [0.2, 0.25) is 0 Å². The third-order valence-corrected chi connectivity index (χ3v) is 5.50. The quantitative estimate of drug-likeness (QED) is 0.358. The lowest BCUT2D eigenvalue weighted by Crippen LogP contribution is -2.38. The first-order valence-electron chi connectivity index (χ1n) is 10.1. The van der Waals surface area contributed by atoms with Gasteiger partial charge in [0.15, 0.2) is 11.7 Å². The molecule has 3 rings (SSSR count). The highest BCUT2D eigenvalue weighted by molar-refractivity contribution is 7.11. The van der Waals surface area contributed by atoms with Gasteiger partial charge in [0.1, 0.15) is 0 Å². The van der Waals surface area contributed by atoms with Crippen molar-refractivity contribution in [1.82, 2.24) is 15.6 Å². The molecule has 0 unspecified atom stereocenters. The highest BCUT2D eigenvalue weighted by Crippen LogP contribution is 2.14. The van der Waals surface area contributed by atoms with Crippen molar-refractivity contribution in [3.8, 4) is 0 Å². The fourth-order valence-corrected chi connectivity index (χ4v) is 3.58. The molecule has 2 heterocycles. The first kappa shape index (κ1) is 21.6. The number of furan rings is 1. The molecule has 0 saturated heterocycles. The van der Waals surface area contributed by atoms with Crippen LogP contribution in [0.1, 0.15) is 39.9 Å². The summed E-state index contributed by atoms with van der Waals surface area (Å²) in [4.78, 5) is 22.4. The molecule has 0 fully saturated rings. The van der Waals surface area contributed by atoms with E-state index in [1.165, 1.54) is 11.1 Å². The van der Waals surface area contributed by atoms with Gasteiger partial charge >= 0.3 is 0 Å². The predicted octanol–water partition coefficient (Wildman–Crippen LogP) is 3.85. The first-order chi connectivity index (χ1) is 14.7. The first-order valence-corrected chi connectivity index (χ1v) is 10.9. The van der Waals surface area contributed by atoms with E-state index in [1.807, 2.05) is 37.4 Å². The van der Waals surface area contributed by atoms with E-state index in [2.05, 4.69) is 32.9 Å². The molecule has 158 valence electrons. The molecule has 0 bridgehead atoms. The third kappa shape index (κ3) is 6.45. The van der Waals surface area contributed by atoms with E-state index in [9.17, 15) is 4.79 Å². The molecule has 30 heavy (non-hydrogen) atoms. The van der Waals surface area contributed by atoms with E-state index in [1.54, 1.807) is 23.5 Å². The molecule has 3 aromatic rings. The maximum atomic E-state index is 12.0. The highest BCUT2D eigenvalue weighted by atomic mass is 32.1. The zero-order chi connectivity index (χ0) is 21.2. The summed E-state index contributed by atoms with van der Waals surface area (Å²) in [6, 6.07) is 10.9. The maximum Gasteiger partial charge on any atom is 0.291 e. The molecule has 8 heteroatoms. The number of carbonyl (C=O) groups excluding carboxylic acids is 1. The Balaban J connectivity index is 1.50. The summed E-state index contributed by atoms with van der Waals surface area (Å²) in [5, 5.41) is 10.6. The summed E-state index contributed by atoms with van der Waals surface area (Å²) in [6.07, 6.45) is 5.34. The van der Waals surface area contributed by atoms with Crippen LogP contribution in [0.3, 0.4) is 0 Å². The molecule has 1 aromatic carbocycles. The van der Waals surface area contributed by atoms with Crippen molar-refractivity contribution in [2.75, 3.05) is 18.4 Å². The lowest BCUT2D eigenvalue weighted by Gasteiger charge is -2.11. The number of carbonyl (C=O) groups is 1. The van der Waals surface area contributed by atoms with Crippen molar-refractivity contribution >= 4 is 28.9 Å². The summed E-state index contributed by atoms with van der Waals surface area (Å²) in [7, 11) is 0. The van der Waals surface area contributed by atoms with Gasteiger partial charge in [-0.15, -0.1) is 11.3 Å². The van der Waals surface area contributed by atoms with Crippen molar-refractivity contribution < 1.29 is 9.21 Å². The molecular formula is C22H27N5O2S. The van der Waals surface area contributed by atoms with E-state index < -0.39 is 0 Å². The fraction of sp³-hybridized carbons (Fsp3) is 0.318. The van der Waals surface area contributed by atoms with Crippen molar-refractivity contribution in [3.63, 3.8) is 0 Å². The van der Waals surface area contributed by atoms with Crippen LogP contribution in [0.15, 0.2) is 58.3 Å². The number of amides is 1. The van der Waals surface area contributed by atoms with Crippen LogP contribution in [0.5, 0.6) is 0 Å². The standard InChI is InChI=1S/C22H27N5O2S/c1-3-18-15-25-20(30-18)11-12-24-22(23-4-2)26-14-16-7-9-17(10-8-16)27-21(28)19-6-5-13-29-19/h5-10,13,15H,3-4,11-12,14H2,1-2H3,(H,27,28)(H2,23,24,26). The number of aromatic nitrogens is 1. The summed E-state index contributed by atoms with van der Waals surface area (Å²) in [5.74, 6) is 0.796. The summed E-state index contributed by atoms with van der Waals surface area (Å²) >= 11 is 1.77. The zero-order valence-electron chi connectivity index (χ0n) is 17.3. The number of thiazole rings is 1.